The molecule has 3 atom stereocenters. The Kier molecular flexibility index (Phi) is 5.28. The number of amides is 3. The molecule has 5 rings (SSSR count). The van der Waals surface area contributed by atoms with Crippen molar-refractivity contribution in [2.75, 3.05) is 11.4 Å². The lowest BCUT2D eigenvalue weighted by atomic mass is 9.90. The van der Waals surface area contributed by atoms with Gasteiger partial charge in [0, 0.05) is 0 Å². The Labute approximate surface area is 191 Å². The van der Waals surface area contributed by atoms with Gasteiger partial charge in [-0.1, -0.05) is 72.8 Å². The zero-order valence-corrected chi connectivity index (χ0v) is 18.0. The van der Waals surface area contributed by atoms with E-state index >= 15 is 0 Å². The number of carbonyl (C=O) groups is 3. The van der Waals surface area contributed by atoms with Crippen molar-refractivity contribution in [2.45, 2.75) is 19.1 Å². The van der Waals surface area contributed by atoms with E-state index in [1.807, 2.05) is 73.7 Å². The molecule has 3 aromatic carbocycles. The first kappa shape index (κ1) is 21.1. The molecule has 0 aliphatic carbocycles. The highest BCUT2D eigenvalue weighted by Gasteiger charge is 2.60. The number of nitrogens with two attached hydrogens (primary N) is 1. The van der Waals surface area contributed by atoms with Gasteiger partial charge in [-0.25, -0.2) is 4.90 Å². The number of nitrogens with zero attached hydrogens (tertiary/aromatic N) is 2. The fourth-order valence-electron chi connectivity index (χ4n) is 4.69. The molecular formula is C26H23N3O4. The normalized spacial score (nSPS) is 22.6. The smallest absolute Gasteiger partial charge is 0.265 e. The van der Waals surface area contributed by atoms with Crippen LogP contribution >= 0.6 is 0 Å². The Hall–Kier alpha value is -3.81. The lowest BCUT2D eigenvalue weighted by molar-refractivity contribution is -0.175. The van der Waals surface area contributed by atoms with Crippen LogP contribution in [0.4, 0.5) is 5.69 Å². The molecular weight excluding hydrogens is 418 g/mol. The maximum Gasteiger partial charge on any atom is 0.265 e. The van der Waals surface area contributed by atoms with Crippen LogP contribution in [0.1, 0.15) is 17.2 Å². The summed E-state index contributed by atoms with van der Waals surface area (Å²) in [6.07, 6.45) is -1.00. The monoisotopic (exact) mass is 441 g/mol. The standard InChI is InChI=1S/C26H23N3O4/c1-16-7-5-6-10-20(16)29-25(31)22-23(28(15-21(27)30)33-24(22)26(29)32)19-13-11-18(12-14-19)17-8-3-2-4-9-17/h2-14,22-24H,15H2,1H3,(H2,27,30). The third-order valence-electron chi connectivity index (χ3n) is 6.22. The van der Waals surface area contributed by atoms with Crippen LogP contribution in [-0.2, 0) is 19.2 Å². The summed E-state index contributed by atoms with van der Waals surface area (Å²) in [7, 11) is 0. The van der Waals surface area contributed by atoms with Gasteiger partial charge in [0.15, 0.2) is 6.10 Å². The SMILES string of the molecule is Cc1ccccc1N1C(=O)C2ON(CC(N)=O)C(c3ccc(-c4ccccc4)cc3)C2C1=O. The topological polar surface area (TPSA) is 92.9 Å². The molecule has 2 heterocycles. The van der Waals surface area contributed by atoms with E-state index in [1.165, 1.54) is 9.96 Å². The first-order valence-electron chi connectivity index (χ1n) is 10.8. The third kappa shape index (κ3) is 3.61. The Morgan fingerprint density at radius 3 is 2.18 bits per heavy atom. The van der Waals surface area contributed by atoms with E-state index in [2.05, 4.69) is 0 Å². The molecule has 7 heteroatoms. The number of carbonyl (C=O) groups excluding carboxylic acids is 3. The molecule has 2 aliphatic rings. The van der Waals surface area contributed by atoms with Crippen LogP contribution in [-0.4, -0.2) is 35.4 Å². The number of anilines is 1. The molecule has 3 aromatic rings. The Morgan fingerprint density at radius 2 is 1.52 bits per heavy atom. The van der Waals surface area contributed by atoms with Gasteiger partial charge in [0.2, 0.25) is 11.8 Å². The zero-order chi connectivity index (χ0) is 23.1. The lowest BCUT2D eigenvalue weighted by Gasteiger charge is -2.26. The summed E-state index contributed by atoms with van der Waals surface area (Å²) in [5.74, 6) is -2.16. The van der Waals surface area contributed by atoms with Gasteiger partial charge in [-0.05, 0) is 35.2 Å². The van der Waals surface area contributed by atoms with Crippen LogP contribution in [0.2, 0.25) is 0 Å². The minimum atomic E-state index is -1.00. The van der Waals surface area contributed by atoms with Gasteiger partial charge in [-0.2, -0.15) is 5.06 Å². The molecule has 166 valence electrons. The molecule has 0 radical (unpaired) electrons. The van der Waals surface area contributed by atoms with Crippen LogP contribution in [0.5, 0.6) is 0 Å². The van der Waals surface area contributed by atoms with Gasteiger partial charge in [0.25, 0.3) is 5.91 Å². The van der Waals surface area contributed by atoms with E-state index < -0.39 is 29.9 Å². The maximum absolute atomic E-state index is 13.5. The highest BCUT2D eigenvalue weighted by atomic mass is 16.7. The molecule has 0 saturated carbocycles. The van der Waals surface area contributed by atoms with Gasteiger partial charge in [-0.15, -0.1) is 0 Å². The summed E-state index contributed by atoms with van der Waals surface area (Å²) in [5.41, 5.74) is 9.65. The summed E-state index contributed by atoms with van der Waals surface area (Å²) >= 11 is 0. The quantitative estimate of drug-likeness (QED) is 0.615. The average molecular weight is 441 g/mol. The molecule has 2 saturated heterocycles. The Balaban J connectivity index is 1.52. The van der Waals surface area contributed by atoms with Crippen molar-refractivity contribution in [1.82, 2.24) is 5.06 Å². The van der Waals surface area contributed by atoms with Gasteiger partial charge < -0.3 is 5.73 Å². The van der Waals surface area contributed by atoms with Crippen LogP contribution in [0.3, 0.4) is 0 Å². The van der Waals surface area contributed by atoms with E-state index in [-0.39, 0.29) is 12.5 Å². The fraction of sp³-hybridized carbons (Fsp3) is 0.192. The second-order valence-corrected chi connectivity index (χ2v) is 8.32. The molecule has 2 N–H and O–H groups in total. The van der Waals surface area contributed by atoms with Crippen molar-refractivity contribution in [3.63, 3.8) is 0 Å². The maximum atomic E-state index is 13.5. The van der Waals surface area contributed by atoms with Crippen molar-refractivity contribution in [1.29, 1.82) is 0 Å². The number of fused-ring (bicyclic) bond motifs is 1. The summed E-state index contributed by atoms with van der Waals surface area (Å²) in [5, 5.41) is 1.38. The summed E-state index contributed by atoms with van der Waals surface area (Å²) in [4.78, 5) is 45.6. The molecule has 0 bridgehead atoms. The summed E-state index contributed by atoms with van der Waals surface area (Å²) in [6.45, 7) is 1.63. The second kappa shape index (κ2) is 8.27. The highest BCUT2D eigenvalue weighted by molar-refractivity contribution is 6.24. The largest absolute Gasteiger partial charge is 0.368 e. The first-order chi connectivity index (χ1) is 16.0. The van der Waals surface area contributed by atoms with Crippen molar-refractivity contribution in [3.05, 3.63) is 90.0 Å². The third-order valence-corrected chi connectivity index (χ3v) is 6.22. The molecule has 0 aromatic heterocycles. The minimum Gasteiger partial charge on any atom is -0.368 e. The number of hydroxylamine groups is 2. The van der Waals surface area contributed by atoms with Crippen LogP contribution in [0.15, 0.2) is 78.9 Å². The van der Waals surface area contributed by atoms with E-state index in [0.29, 0.717) is 5.69 Å². The van der Waals surface area contributed by atoms with Gasteiger partial charge in [0.05, 0.1) is 17.6 Å². The Bertz CT molecular complexity index is 1230. The number of benzene rings is 3. The molecule has 33 heavy (non-hydrogen) atoms. The molecule has 0 spiro atoms. The molecule has 3 unspecified atom stereocenters. The van der Waals surface area contributed by atoms with Crippen LogP contribution in [0.25, 0.3) is 11.1 Å². The van der Waals surface area contributed by atoms with Gasteiger partial charge in [0.1, 0.15) is 6.54 Å². The predicted octanol–water partition coefficient (Wildman–Crippen LogP) is 2.99. The molecule has 2 aliphatic heterocycles. The first-order valence-corrected chi connectivity index (χ1v) is 10.8. The van der Waals surface area contributed by atoms with Crippen molar-refractivity contribution < 1.29 is 19.2 Å². The molecule has 3 amide bonds. The summed E-state index contributed by atoms with van der Waals surface area (Å²) < 4.78 is 0. The Morgan fingerprint density at radius 1 is 0.879 bits per heavy atom. The minimum absolute atomic E-state index is 0.219. The molecule has 2 fully saturated rings. The number of para-hydroxylation sites is 1. The number of imide groups is 1. The van der Waals surface area contributed by atoms with Crippen molar-refractivity contribution in [2.24, 2.45) is 11.7 Å². The molecule has 7 nitrogen and oxygen atoms in total. The second-order valence-electron chi connectivity index (χ2n) is 8.32. The van der Waals surface area contributed by atoms with E-state index in [0.717, 1.165) is 22.3 Å². The van der Waals surface area contributed by atoms with E-state index in [1.54, 1.807) is 12.1 Å². The lowest BCUT2D eigenvalue weighted by Crippen LogP contribution is -2.40. The van der Waals surface area contributed by atoms with Crippen LogP contribution < -0.4 is 10.6 Å². The number of aryl methyl sites for hydroxylation is 1. The van der Waals surface area contributed by atoms with Gasteiger partial charge in [-0.3, -0.25) is 19.2 Å². The van der Waals surface area contributed by atoms with Crippen molar-refractivity contribution >= 4 is 23.4 Å². The fourth-order valence-corrected chi connectivity index (χ4v) is 4.69. The number of primary amides is 1. The van der Waals surface area contributed by atoms with E-state index in [9.17, 15) is 14.4 Å². The van der Waals surface area contributed by atoms with Crippen molar-refractivity contribution in [3.8, 4) is 11.1 Å². The van der Waals surface area contributed by atoms with Gasteiger partial charge >= 0.3 is 0 Å². The average Bonchev–Trinajstić information content (AvgIpc) is 3.29. The summed E-state index contributed by atoms with van der Waals surface area (Å²) in [6, 6.07) is 24.3. The highest BCUT2D eigenvalue weighted by Crippen LogP contribution is 2.46. The number of hydrogen-bond donors (Lipinski definition) is 1. The zero-order valence-electron chi connectivity index (χ0n) is 18.0. The van der Waals surface area contributed by atoms with E-state index in [4.69, 9.17) is 10.6 Å². The van der Waals surface area contributed by atoms with Crippen LogP contribution in [0, 0.1) is 12.8 Å². The number of hydrogen-bond acceptors (Lipinski definition) is 5. The predicted molar refractivity (Wildman–Crippen MR) is 123 cm³/mol. The number of rotatable bonds is 5.